The lowest BCUT2D eigenvalue weighted by Gasteiger charge is -1.97. The van der Waals surface area contributed by atoms with Crippen LogP contribution >= 0.6 is 0 Å². The molecule has 0 rings (SSSR count). The molecule has 0 atom stereocenters. The van der Waals surface area contributed by atoms with E-state index in [0.717, 1.165) is 25.4 Å². The van der Waals surface area contributed by atoms with Gasteiger partial charge in [0.25, 0.3) is 0 Å². The summed E-state index contributed by atoms with van der Waals surface area (Å²) >= 11 is 0. The number of hydrogen-bond acceptors (Lipinski definition) is 2. The second-order valence-corrected chi connectivity index (χ2v) is 4.02. The molecule has 12 heavy (non-hydrogen) atoms. The Kier molecular flexibility index (Phi) is 8.83. The quantitative estimate of drug-likeness (QED) is 0.339. The maximum absolute atomic E-state index is 4.98. The van der Waals surface area contributed by atoms with Crippen LogP contribution in [0.3, 0.4) is 0 Å². The molecule has 0 bridgehead atoms. The molecule has 70 valence electrons. The van der Waals surface area contributed by atoms with Gasteiger partial charge in [-0.15, -0.1) is 0 Å². The topological polar surface area (TPSA) is 21.6 Å². The summed E-state index contributed by atoms with van der Waals surface area (Å²) in [6, 6.07) is 1.15. The lowest BCUT2D eigenvalue weighted by molar-refractivity contribution is 0.440. The van der Waals surface area contributed by atoms with Crippen LogP contribution in [0.1, 0.15) is 33.1 Å². The molecule has 2 nitrogen and oxygen atoms in total. The normalized spacial score (nSPS) is 12.1. The smallest absolute Gasteiger partial charge is 0.229 e. The number of aliphatic imine (C=N–C) groups is 1. The molecular weight excluding hydrogens is 166 g/mol. The van der Waals surface area contributed by atoms with Gasteiger partial charge in [-0.2, -0.15) is 0 Å². The summed E-state index contributed by atoms with van der Waals surface area (Å²) in [5, 5.41) is 0. The molecule has 2 radical (unpaired) electrons. The van der Waals surface area contributed by atoms with Crippen molar-refractivity contribution in [1.29, 1.82) is 0 Å². The Balaban J connectivity index is 3.21. The van der Waals surface area contributed by atoms with E-state index in [9.17, 15) is 0 Å². The van der Waals surface area contributed by atoms with Crippen molar-refractivity contribution in [3.8, 4) is 0 Å². The molecule has 0 aromatic carbocycles. The van der Waals surface area contributed by atoms with Gasteiger partial charge in [0.15, 0.2) is 0 Å². The third-order valence-electron chi connectivity index (χ3n) is 1.57. The van der Waals surface area contributed by atoms with Crippen LogP contribution in [0.2, 0.25) is 6.04 Å². The Bertz CT molecular complexity index is 126. The first kappa shape index (κ1) is 11.8. The molecule has 0 aliphatic carbocycles. The van der Waals surface area contributed by atoms with Gasteiger partial charge in [-0.3, -0.25) is 4.99 Å². The van der Waals surface area contributed by atoms with E-state index in [4.69, 9.17) is 4.43 Å². The first-order valence-corrected chi connectivity index (χ1v) is 5.68. The minimum atomic E-state index is 0.650. The summed E-state index contributed by atoms with van der Waals surface area (Å²) in [4.78, 5) is 4.45. The highest BCUT2D eigenvalue weighted by atomic mass is 28.2. The van der Waals surface area contributed by atoms with Crippen LogP contribution in [-0.4, -0.2) is 29.1 Å². The van der Waals surface area contributed by atoms with Crippen LogP contribution in [0.15, 0.2) is 4.99 Å². The maximum Gasteiger partial charge on any atom is 0.229 e. The maximum atomic E-state index is 4.98. The Morgan fingerprint density at radius 3 is 2.83 bits per heavy atom. The zero-order valence-electron chi connectivity index (χ0n) is 8.39. The van der Waals surface area contributed by atoms with Crippen LogP contribution in [0.5, 0.6) is 0 Å². The number of hydrogen-bond donors (Lipinski definition) is 0. The summed E-state index contributed by atoms with van der Waals surface area (Å²) in [6.45, 7) is 5.27. The van der Waals surface area contributed by atoms with Crippen LogP contribution < -0.4 is 0 Å². The van der Waals surface area contributed by atoms with Crippen molar-refractivity contribution < 1.29 is 4.43 Å². The molecule has 0 spiro atoms. The van der Waals surface area contributed by atoms with Gasteiger partial charge in [0.2, 0.25) is 9.76 Å². The first-order valence-electron chi connectivity index (χ1n) is 4.57. The van der Waals surface area contributed by atoms with E-state index in [1.54, 1.807) is 7.11 Å². The standard InChI is InChI=1S/C9H19NOSi/c1-4-6-9(2)10-7-5-8-12-11-3/h4-8H2,1-3H3. The summed E-state index contributed by atoms with van der Waals surface area (Å²) < 4.78 is 4.98. The molecule has 0 heterocycles. The highest BCUT2D eigenvalue weighted by Gasteiger charge is 1.90. The van der Waals surface area contributed by atoms with Gasteiger partial charge in [-0.1, -0.05) is 13.3 Å². The third-order valence-corrected chi connectivity index (χ3v) is 2.42. The van der Waals surface area contributed by atoms with Crippen molar-refractivity contribution in [1.82, 2.24) is 0 Å². The molecule has 0 fully saturated rings. The Morgan fingerprint density at radius 2 is 2.25 bits per heavy atom. The molecule has 0 aromatic heterocycles. The van der Waals surface area contributed by atoms with Crippen LogP contribution in [0.25, 0.3) is 0 Å². The van der Waals surface area contributed by atoms with E-state index in [2.05, 4.69) is 18.8 Å². The average Bonchev–Trinajstić information content (AvgIpc) is 2.05. The second-order valence-electron chi connectivity index (χ2n) is 2.82. The van der Waals surface area contributed by atoms with Crippen molar-refractivity contribution in [2.75, 3.05) is 13.7 Å². The first-order chi connectivity index (χ1) is 5.81. The van der Waals surface area contributed by atoms with Gasteiger partial charge in [-0.25, -0.2) is 0 Å². The van der Waals surface area contributed by atoms with E-state index >= 15 is 0 Å². The van der Waals surface area contributed by atoms with Gasteiger partial charge in [-0.05, 0) is 25.8 Å². The SMILES string of the molecule is CCCC(C)=NCCC[Si]OC. The zero-order chi connectivity index (χ0) is 9.23. The summed E-state index contributed by atoms with van der Waals surface area (Å²) in [7, 11) is 2.40. The van der Waals surface area contributed by atoms with Crippen molar-refractivity contribution in [2.24, 2.45) is 4.99 Å². The minimum Gasteiger partial charge on any atom is -0.421 e. The van der Waals surface area contributed by atoms with E-state index in [-0.39, 0.29) is 0 Å². The van der Waals surface area contributed by atoms with Gasteiger partial charge < -0.3 is 4.43 Å². The zero-order valence-corrected chi connectivity index (χ0v) is 9.39. The monoisotopic (exact) mass is 185 g/mol. The molecule has 0 aromatic rings. The lowest BCUT2D eigenvalue weighted by Crippen LogP contribution is -1.96. The van der Waals surface area contributed by atoms with Gasteiger partial charge in [0.05, 0.1) is 0 Å². The average molecular weight is 185 g/mol. The minimum absolute atomic E-state index is 0.650. The van der Waals surface area contributed by atoms with Crippen molar-refractivity contribution in [3.05, 3.63) is 0 Å². The Labute approximate surface area is 78.4 Å². The molecule has 3 heteroatoms. The molecule has 0 amide bonds. The fraction of sp³-hybridized carbons (Fsp3) is 0.889. The second kappa shape index (κ2) is 8.94. The van der Waals surface area contributed by atoms with Crippen molar-refractivity contribution in [2.45, 2.75) is 39.2 Å². The predicted octanol–water partition coefficient (Wildman–Crippen LogP) is 2.32. The van der Waals surface area contributed by atoms with Gasteiger partial charge >= 0.3 is 0 Å². The molecule has 0 N–H and O–H groups in total. The van der Waals surface area contributed by atoms with Crippen LogP contribution in [0, 0.1) is 0 Å². The Hall–Kier alpha value is -0.153. The highest BCUT2D eigenvalue weighted by Crippen LogP contribution is 1.94. The number of nitrogens with zero attached hydrogens (tertiary/aromatic N) is 1. The van der Waals surface area contributed by atoms with Gasteiger partial charge in [0.1, 0.15) is 0 Å². The van der Waals surface area contributed by atoms with E-state index < -0.39 is 0 Å². The van der Waals surface area contributed by atoms with E-state index in [0.29, 0.717) is 9.76 Å². The fourth-order valence-corrected chi connectivity index (χ4v) is 1.47. The predicted molar refractivity (Wildman–Crippen MR) is 55.1 cm³/mol. The van der Waals surface area contributed by atoms with Crippen molar-refractivity contribution >= 4 is 15.5 Å². The molecular formula is C9H19NOSi. The van der Waals surface area contributed by atoms with Gasteiger partial charge in [0, 0.05) is 19.4 Å². The van der Waals surface area contributed by atoms with Crippen molar-refractivity contribution in [3.63, 3.8) is 0 Å². The highest BCUT2D eigenvalue weighted by molar-refractivity contribution is 6.26. The molecule has 0 aliphatic heterocycles. The summed E-state index contributed by atoms with van der Waals surface area (Å²) in [6.07, 6.45) is 3.51. The summed E-state index contributed by atoms with van der Waals surface area (Å²) in [5.41, 5.74) is 1.29. The Morgan fingerprint density at radius 1 is 1.50 bits per heavy atom. The third kappa shape index (κ3) is 7.95. The molecule has 0 saturated carbocycles. The van der Waals surface area contributed by atoms with Crippen LogP contribution in [-0.2, 0) is 4.43 Å². The molecule has 0 unspecified atom stereocenters. The van der Waals surface area contributed by atoms with E-state index in [1.165, 1.54) is 12.1 Å². The largest absolute Gasteiger partial charge is 0.421 e. The van der Waals surface area contributed by atoms with E-state index in [1.807, 2.05) is 0 Å². The van der Waals surface area contributed by atoms with Crippen LogP contribution in [0.4, 0.5) is 0 Å². The molecule has 0 aliphatic rings. The molecule has 0 saturated heterocycles. The summed E-state index contributed by atoms with van der Waals surface area (Å²) in [5.74, 6) is 0. The number of rotatable bonds is 7. The fourth-order valence-electron chi connectivity index (χ4n) is 0.964. The lowest BCUT2D eigenvalue weighted by atomic mass is 10.2.